The van der Waals surface area contributed by atoms with Crippen LogP contribution >= 0.6 is 0 Å². The van der Waals surface area contributed by atoms with E-state index in [1.165, 1.54) is 5.01 Å². The quantitative estimate of drug-likeness (QED) is 0.791. The van der Waals surface area contributed by atoms with Gasteiger partial charge in [-0.15, -0.1) is 0 Å². The maximum Gasteiger partial charge on any atom is 0.433 e. The van der Waals surface area contributed by atoms with Gasteiger partial charge in [0, 0.05) is 5.92 Å². The number of nitrogens with one attached hydrogen (secondary N) is 1. The molecule has 1 N–H and O–H groups in total. The van der Waals surface area contributed by atoms with Crippen molar-refractivity contribution in [1.82, 2.24) is 10.4 Å². The third-order valence-electron chi connectivity index (χ3n) is 4.73. The summed E-state index contributed by atoms with van der Waals surface area (Å²) >= 11 is 0. The van der Waals surface area contributed by atoms with Crippen molar-refractivity contribution in [3.05, 3.63) is 23.9 Å². The first kappa shape index (κ1) is 18.4. The molecular formula is C18H28N2O4. The Bertz CT molecular complexity index is 578. The molecule has 0 heterocycles. The lowest BCUT2D eigenvalue weighted by Crippen LogP contribution is -2.57. The number of carbonyl (C=O) groups is 2. The molecule has 6 heteroatoms. The molecule has 0 aliphatic heterocycles. The lowest BCUT2D eigenvalue weighted by molar-refractivity contribution is -0.0102. The summed E-state index contributed by atoms with van der Waals surface area (Å²) in [5.41, 5.74) is 4.20. The van der Waals surface area contributed by atoms with Crippen LogP contribution in [0.3, 0.4) is 0 Å². The van der Waals surface area contributed by atoms with Crippen LogP contribution in [-0.2, 0) is 9.47 Å². The number of hydrogen-bond acceptors (Lipinski definition) is 4. The molecule has 6 nitrogen and oxygen atoms in total. The van der Waals surface area contributed by atoms with E-state index in [9.17, 15) is 9.59 Å². The molecule has 0 radical (unpaired) electrons. The number of fused-ring (bicyclic) bond motifs is 1. The first-order valence-electron chi connectivity index (χ1n) is 8.42. The smallest absolute Gasteiger partial charge is 0.433 e. The molecule has 3 aliphatic rings. The van der Waals surface area contributed by atoms with E-state index in [4.69, 9.17) is 9.47 Å². The van der Waals surface area contributed by atoms with Gasteiger partial charge >= 0.3 is 12.2 Å². The highest BCUT2D eigenvalue weighted by atomic mass is 16.6. The molecule has 0 aromatic rings. The molecule has 0 spiro atoms. The number of carbonyl (C=O) groups excluding carboxylic acids is 2. The third-order valence-corrected chi connectivity index (χ3v) is 4.73. The Balaban J connectivity index is 2.27. The minimum atomic E-state index is -0.684. The van der Waals surface area contributed by atoms with Gasteiger partial charge in [-0.1, -0.05) is 20.4 Å². The van der Waals surface area contributed by atoms with Crippen molar-refractivity contribution >= 4 is 12.2 Å². The second-order valence-corrected chi connectivity index (χ2v) is 7.64. The van der Waals surface area contributed by atoms with Crippen molar-refractivity contribution in [2.75, 3.05) is 0 Å². The van der Waals surface area contributed by atoms with Crippen LogP contribution in [0.4, 0.5) is 9.59 Å². The van der Waals surface area contributed by atoms with Crippen molar-refractivity contribution in [3.8, 4) is 0 Å². The molecule has 0 unspecified atom stereocenters. The lowest BCUT2D eigenvalue weighted by atomic mass is 9.49. The molecule has 0 saturated heterocycles. The summed E-state index contributed by atoms with van der Waals surface area (Å²) in [6.45, 7) is 15.4. The maximum atomic E-state index is 12.5. The highest BCUT2D eigenvalue weighted by molar-refractivity contribution is 5.76. The van der Waals surface area contributed by atoms with E-state index in [1.54, 1.807) is 27.7 Å². The summed E-state index contributed by atoms with van der Waals surface area (Å²) in [7, 11) is 0. The number of rotatable bonds is 3. The van der Waals surface area contributed by atoms with E-state index in [1.807, 2.05) is 6.08 Å². The van der Waals surface area contributed by atoms with Gasteiger partial charge < -0.3 is 9.47 Å². The van der Waals surface area contributed by atoms with E-state index < -0.39 is 12.2 Å². The van der Waals surface area contributed by atoms with E-state index in [0.717, 1.165) is 12.0 Å². The summed E-state index contributed by atoms with van der Waals surface area (Å²) in [5.74, 6) is 0.573. The van der Waals surface area contributed by atoms with Crippen LogP contribution in [0.1, 0.15) is 48.0 Å². The third kappa shape index (κ3) is 3.42. The van der Waals surface area contributed by atoms with Crippen molar-refractivity contribution in [1.29, 1.82) is 0 Å². The summed E-state index contributed by atoms with van der Waals surface area (Å²) < 4.78 is 10.4. The number of nitrogens with zero attached hydrogens (tertiary/aromatic N) is 1. The molecule has 1 fully saturated rings. The van der Waals surface area contributed by atoms with Gasteiger partial charge in [0.1, 0.15) is 0 Å². The number of allylic oxidation sites excluding steroid dienone is 3. The predicted molar refractivity (Wildman–Crippen MR) is 90.8 cm³/mol. The van der Waals surface area contributed by atoms with E-state index in [0.29, 0.717) is 11.6 Å². The largest absolute Gasteiger partial charge is 0.446 e. The van der Waals surface area contributed by atoms with Crippen LogP contribution in [0, 0.1) is 17.3 Å². The van der Waals surface area contributed by atoms with E-state index >= 15 is 0 Å². The van der Waals surface area contributed by atoms with Crippen molar-refractivity contribution < 1.29 is 19.1 Å². The Kier molecular flexibility index (Phi) is 4.97. The molecule has 134 valence electrons. The van der Waals surface area contributed by atoms with Crippen LogP contribution in [0.5, 0.6) is 0 Å². The molecule has 1 saturated carbocycles. The second-order valence-electron chi connectivity index (χ2n) is 7.64. The number of amides is 2. The zero-order valence-electron chi connectivity index (χ0n) is 15.4. The summed E-state index contributed by atoms with van der Waals surface area (Å²) in [4.78, 5) is 24.5. The zero-order chi connectivity index (χ0) is 18.2. The topological polar surface area (TPSA) is 67.9 Å². The lowest BCUT2D eigenvalue weighted by Gasteiger charge is -2.57. The van der Waals surface area contributed by atoms with Gasteiger partial charge in [0.15, 0.2) is 0 Å². The van der Waals surface area contributed by atoms with Crippen LogP contribution in [0.15, 0.2) is 23.9 Å². The Morgan fingerprint density at radius 2 is 1.79 bits per heavy atom. The van der Waals surface area contributed by atoms with Gasteiger partial charge in [0.05, 0.1) is 17.9 Å². The molecule has 3 aliphatic carbocycles. The Hall–Kier alpha value is -1.98. The molecule has 3 rings (SSSR count). The van der Waals surface area contributed by atoms with E-state index in [-0.39, 0.29) is 23.5 Å². The summed E-state index contributed by atoms with van der Waals surface area (Å²) in [6.07, 6.45) is 0.915. The Morgan fingerprint density at radius 1 is 1.21 bits per heavy atom. The predicted octanol–water partition coefficient (Wildman–Crippen LogP) is 4.00. The minimum Gasteiger partial charge on any atom is -0.446 e. The summed E-state index contributed by atoms with van der Waals surface area (Å²) in [6, 6.07) is 0. The van der Waals surface area contributed by atoms with Gasteiger partial charge in [0.25, 0.3) is 0 Å². The minimum absolute atomic E-state index is 0.00115. The molecule has 24 heavy (non-hydrogen) atoms. The standard InChI is InChI=1S/C18H28N2O4/c1-10(2)23-16(21)19-20(17(22)24-11(3)4)15-8-12(5)13-9-14(15)18(13,6)7/h8,10-11,13-14H,5,9H2,1-4,6-7H3,(H,19,21)/t13-,14+/m0/s1. The fourth-order valence-electron chi connectivity index (χ4n) is 3.47. The van der Waals surface area contributed by atoms with Crippen LogP contribution in [0.25, 0.3) is 0 Å². The van der Waals surface area contributed by atoms with Crippen LogP contribution < -0.4 is 5.43 Å². The van der Waals surface area contributed by atoms with Crippen LogP contribution in [0.2, 0.25) is 0 Å². The number of ether oxygens (including phenoxy) is 2. The van der Waals surface area contributed by atoms with Crippen molar-refractivity contribution in [2.45, 2.75) is 60.2 Å². The van der Waals surface area contributed by atoms with Gasteiger partial charge in [-0.3, -0.25) is 0 Å². The fourth-order valence-corrected chi connectivity index (χ4v) is 3.47. The Labute approximate surface area is 143 Å². The highest BCUT2D eigenvalue weighted by Crippen LogP contribution is 2.61. The molecule has 2 bridgehead atoms. The Morgan fingerprint density at radius 3 is 2.25 bits per heavy atom. The first-order chi connectivity index (χ1) is 11.0. The van der Waals surface area contributed by atoms with Gasteiger partial charge in [-0.2, -0.15) is 5.01 Å². The van der Waals surface area contributed by atoms with Gasteiger partial charge in [-0.25, -0.2) is 15.0 Å². The molecular weight excluding hydrogens is 308 g/mol. The van der Waals surface area contributed by atoms with Gasteiger partial charge in [-0.05, 0) is 57.1 Å². The zero-order valence-corrected chi connectivity index (χ0v) is 15.4. The molecule has 0 aromatic carbocycles. The average Bonchev–Trinajstić information content (AvgIpc) is 2.41. The second kappa shape index (κ2) is 6.49. The van der Waals surface area contributed by atoms with Crippen molar-refractivity contribution in [2.24, 2.45) is 17.3 Å². The number of hydrogen-bond donors (Lipinski definition) is 1. The first-order valence-corrected chi connectivity index (χ1v) is 8.42. The van der Waals surface area contributed by atoms with Crippen molar-refractivity contribution in [3.63, 3.8) is 0 Å². The molecule has 2 atom stereocenters. The number of hydrazine groups is 1. The van der Waals surface area contributed by atoms with E-state index in [2.05, 4.69) is 25.9 Å². The highest BCUT2D eigenvalue weighted by Gasteiger charge is 2.55. The fraction of sp³-hybridized carbons (Fsp3) is 0.667. The summed E-state index contributed by atoms with van der Waals surface area (Å²) in [5, 5.41) is 1.18. The van der Waals surface area contributed by atoms with Gasteiger partial charge in [0.2, 0.25) is 0 Å². The molecule has 2 amide bonds. The monoisotopic (exact) mass is 336 g/mol. The average molecular weight is 336 g/mol. The SMILES string of the molecule is C=C1C=C(N(NC(=O)OC(C)C)C(=O)OC(C)C)[C@H]2C[C@@H]1C2(C)C. The maximum absolute atomic E-state index is 12.5. The van der Waals surface area contributed by atoms with Crippen LogP contribution in [-0.4, -0.2) is 29.4 Å². The molecule has 0 aromatic heterocycles. The normalized spacial score (nSPS) is 24.2.